The number of carbonyl (C=O) groups is 1. The van der Waals surface area contributed by atoms with E-state index in [-0.39, 0.29) is 17.5 Å². The van der Waals surface area contributed by atoms with Crippen LogP contribution in [-0.4, -0.2) is 16.1 Å². The Labute approximate surface area is 141 Å². The number of nitrogens with zero attached hydrogens (tertiary/aromatic N) is 1. The number of hydrogen-bond donors (Lipinski definition) is 2. The molecule has 130 valence electrons. The number of alkyl halides is 3. The summed E-state index contributed by atoms with van der Waals surface area (Å²) in [4.78, 5) is 15.5. The minimum atomic E-state index is -4.41. The molecule has 0 saturated heterocycles. The summed E-state index contributed by atoms with van der Waals surface area (Å²) in [5, 5.41) is 12.4. The summed E-state index contributed by atoms with van der Waals surface area (Å²) in [7, 11) is 0. The van der Waals surface area contributed by atoms with Gasteiger partial charge in [0.2, 0.25) is 0 Å². The van der Waals surface area contributed by atoms with Gasteiger partial charge in [0.15, 0.2) is 5.69 Å². The van der Waals surface area contributed by atoms with Gasteiger partial charge in [0.25, 0.3) is 0 Å². The summed E-state index contributed by atoms with van der Waals surface area (Å²) in [6, 6.07) is 4.96. The lowest BCUT2D eigenvalue weighted by molar-refractivity contribution is -0.137. The molecular weight excluding hydrogens is 333 g/mol. The number of carboxylic acids is 1. The van der Waals surface area contributed by atoms with Crippen molar-refractivity contribution in [3.05, 3.63) is 52.8 Å². The first kappa shape index (κ1) is 15.9. The largest absolute Gasteiger partial charge is 0.477 e. The molecule has 1 aromatic heterocycles. The molecule has 0 radical (unpaired) electrons. The van der Waals surface area contributed by atoms with E-state index in [1.165, 1.54) is 12.3 Å². The number of rotatable bonds is 3. The Bertz CT molecular complexity index is 864. The first-order chi connectivity index (χ1) is 11.8. The molecule has 4 nitrogen and oxygen atoms in total. The smallest absolute Gasteiger partial charge is 0.416 e. The summed E-state index contributed by atoms with van der Waals surface area (Å²) >= 11 is 0. The fourth-order valence-electron chi connectivity index (χ4n) is 4.10. The van der Waals surface area contributed by atoms with Gasteiger partial charge in [-0.2, -0.15) is 13.2 Å². The Balaban J connectivity index is 1.75. The number of aromatic nitrogens is 1. The van der Waals surface area contributed by atoms with Crippen molar-refractivity contribution in [3.8, 4) is 0 Å². The summed E-state index contributed by atoms with van der Waals surface area (Å²) < 4.78 is 38.7. The van der Waals surface area contributed by atoms with Crippen LogP contribution in [0.5, 0.6) is 0 Å². The van der Waals surface area contributed by atoms with Crippen LogP contribution in [0.2, 0.25) is 0 Å². The molecule has 1 aromatic carbocycles. The van der Waals surface area contributed by atoms with Gasteiger partial charge in [0, 0.05) is 5.69 Å². The highest BCUT2D eigenvalue weighted by molar-refractivity contribution is 5.89. The fourth-order valence-corrected chi connectivity index (χ4v) is 4.10. The average molecular weight is 348 g/mol. The number of aromatic carboxylic acids is 1. The van der Waals surface area contributed by atoms with E-state index in [4.69, 9.17) is 0 Å². The Morgan fingerprint density at radius 3 is 2.60 bits per heavy atom. The van der Waals surface area contributed by atoms with Crippen molar-refractivity contribution in [2.45, 2.75) is 37.3 Å². The second-order valence-corrected chi connectivity index (χ2v) is 6.56. The molecule has 2 aromatic rings. The van der Waals surface area contributed by atoms with Gasteiger partial charge < -0.3 is 10.4 Å². The fraction of sp³-hybridized carbons (Fsp3) is 0.333. The van der Waals surface area contributed by atoms with E-state index >= 15 is 0 Å². The van der Waals surface area contributed by atoms with Gasteiger partial charge in [-0.05, 0) is 60.4 Å². The van der Waals surface area contributed by atoms with Crippen LogP contribution in [0.1, 0.15) is 58.3 Å². The lowest BCUT2D eigenvalue weighted by Gasteiger charge is -2.21. The third-order valence-electron chi connectivity index (χ3n) is 5.08. The maximum atomic E-state index is 12.9. The third-order valence-corrected chi connectivity index (χ3v) is 5.08. The van der Waals surface area contributed by atoms with E-state index in [1.807, 2.05) is 0 Å². The van der Waals surface area contributed by atoms with Crippen LogP contribution in [0, 0.1) is 0 Å². The Hall–Kier alpha value is -2.57. The van der Waals surface area contributed by atoms with Gasteiger partial charge in [-0.15, -0.1) is 0 Å². The van der Waals surface area contributed by atoms with E-state index in [1.54, 1.807) is 6.07 Å². The number of benzene rings is 1. The molecule has 25 heavy (non-hydrogen) atoms. The highest BCUT2D eigenvalue weighted by Gasteiger charge is 2.42. The summed E-state index contributed by atoms with van der Waals surface area (Å²) in [5.74, 6) is -0.634. The van der Waals surface area contributed by atoms with E-state index in [2.05, 4.69) is 10.3 Å². The lowest BCUT2D eigenvalue weighted by atomic mass is 9.89. The molecule has 4 rings (SSSR count). The van der Waals surface area contributed by atoms with Crippen LogP contribution in [0.15, 0.2) is 30.5 Å². The number of hydrogen-bond acceptors (Lipinski definition) is 3. The van der Waals surface area contributed by atoms with Crippen LogP contribution in [0.25, 0.3) is 0 Å². The van der Waals surface area contributed by atoms with E-state index in [0.717, 1.165) is 42.5 Å². The molecular formula is C18H15F3N2O2. The number of nitrogens with one attached hydrogen (secondary N) is 1. The van der Waals surface area contributed by atoms with Crippen LogP contribution >= 0.6 is 0 Å². The molecule has 0 aliphatic heterocycles. The highest BCUT2D eigenvalue weighted by Crippen LogP contribution is 2.56. The normalized spacial score (nSPS) is 21.2. The van der Waals surface area contributed by atoms with Crippen LogP contribution in [0.4, 0.5) is 24.5 Å². The predicted molar refractivity (Wildman–Crippen MR) is 85.3 cm³/mol. The summed E-state index contributed by atoms with van der Waals surface area (Å²) in [5.41, 5.74) is 1.90. The molecule has 1 fully saturated rings. The lowest BCUT2D eigenvalue weighted by Crippen LogP contribution is -2.12. The van der Waals surface area contributed by atoms with Gasteiger partial charge in [-0.3, -0.25) is 0 Å². The Morgan fingerprint density at radius 1 is 1.20 bits per heavy atom. The molecule has 2 aliphatic rings. The minimum Gasteiger partial charge on any atom is -0.477 e. The Kier molecular flexibility index (Phi) is 3.49. The van der Waals surface area contributed by atoms with Crippen molar-refractivity contribution < 1.29 is 23.1 Å². The standard InChI is InChI=1S/C18H15F3N2O2/c19-18(20,21)11-2-1-3-12(7-11)23-13-8-22-16(17(24)25)15-10-5-4-9(6-10)14(13)15/h1-3,7-10,23H,4-6H2,(H,24,25). The maximum absolute atomic E-state index is 12.9. The Morgan fingerprint density at radius 2 is 1.92 bits per heavy atom. The zero-order valence-corrected chi connectivity index (χ0v) is 13.1. The van der Waals surface area contributed by atoms with Crippen molar-refractivity contribution in [1.82, 2.24) is 4.98 Å². The molecule has 2 N–H and O–H groups in total. The summed E-state index contributed by atoms with van der Waals surface area (Å²) in [6.45, 7) is 0. The molecule has 2 bridgehead atoms. The second-order valence-electron chi connectivity index (χ2n) is 6.56. The summed E-state index contributed by atoms with van der Waals surface area (Å²) in [6.07, 6.45) is -0.198. The van der Waals surface area contributed by atoms with Gasteiger partial charge in [-0.25, -0.2) is 9.78 Å². The monoisotopic (exact) mass is 348 g/mol. The number of pyridine rings is 1. The van der Waals surface area contributed by atoms with Gasteiger partial charge in [-0.1, -0.05) is 6.07 Å². The number of fused-ring (bicyclic) bond motifs is 5. The molecule has 2 atom stereocenters. The second kappa shape index (κ2) is 5.47. The molecule has 2 aliphatic carbocycles. The number of carboxylic acid groups (broad SMARTS) is 1. The van der Waals surface area contributed by atoms with Gasteiger partial charge in [0.05, 0.1) is 17.4 Å². The van der Waals surface area contributed by atoms with Crippen molar-refractivity contribution in [2.24, 2.45) is 0 Å². The molecule has 2 unspecified atom stereocenters. The van der Waals surface area contributed by atoms with Crippen molar-refractivity contribution >= 4 is 17.3 Å². The average Bonchev–Trinajstić information content (AvgIpc) is 3.16. The van der Waals surface area contributed by atoms with Crippen LogP contribution in [0.3, 0.4) is 0 Å². The first-order valence-electron chi connectivity index (χ1n) is 8.05. The topological polar surface area (TPSA) is 62.2 Å². The van der Waals surface area contributed by atoms with Gasteiger partial charge >= 0.3 is 12.1 Å². The maximum Gasteiger partial charge on any atom is 0.416 e. The molecule has 1 saturated carbocycles. The van der Waals surface area contributed by atoms with Crippen molar-refractivity contribution in [3.63, 3.8) is 0 Å². The molecule has 0 amide bonds. The zero-order chi connectivity index (χ0) is 17.8. The third kappa shape index (κ3) is 2.63. The molecule has 0 spiro atoms. The number of anilines is 2. The highest BCUT2D eigenvalue weighted by atomic mass is 19.4. The number of halogens is 3. The van der Waals surface area contributed by atoms with Crippen molar-refractivity contribution in [1.29, 1.82) is 0 Å². The minimum absolute atomic E-state index is 0.0665. The van der Waals surface area contributed by atoms with Crippen LogP contribution < -0.4 is 5.32 Å². The quantitative estimate of drug-likeness (QED) is 0.828. The van der Waals surface area contributed by atoms with Gasteiger partial charge in [0.1, 0.15) is 0 Å². The molecule has 7 heteroatoms. The zero-order valence-electron chi connectivity index (χ0n) is 13.1. The van der Waals surface area contributed by atoms with E-state index < -0.39 is 17.7 Å². The van der Waals surface area contributed by atoms with Crippen molar-refractivity contribution in [2.75, 3.05) is 5.32 Å². The van der Waals surface area contributed by atoms with E-state index in [0.29, 0.717) is 11.4 Å². The predicted octanol–water partition coefficient (Wildman–Crippen LogP) is 4.91. The molecule has 1 heterocycles. The van der Waals surface area contributed by atoms with Crippen LogP contribution in [-0.2, 0) is 6.18 Å². The SMILES string of the molecule is O=C(O)c1ncc(Nc2cccc(C(F)(F)F)c2)c2c1C1CCC2C1. The van der Waals surface area contributed by atoms with E-state index in [9.17, 15) is 23.1 Å². The first-order valence-corrected chi connectivity index (χ1v) is 8.05.